The van der Waals surface area contributed by atoms with E-state index >= 15 is 0 Å². The van der Waals surface area contributed by atoms with E-state index in [2.05, 4.69) is 18.4 Å². The van der Waals surface area contributed by atoms with Gasteiger partial charge in [-0.1, -0.05) is 19.9 Å². The van der Waals surface area contributed by atoms with E-state index in [0.29, 0.717) is 12.8 Å². The summed E-state index contributed by atoms with van der Waals surface area (Å²) in [5.41, 5.74) is 4.42. The summed E-state index contributed by atoms with van der Waals surface area (Å²) in [6.45, 7) is 6.23. The Kier molecular flexibility index (Phi) is 7.75. The van der Waals surface area contributed by atoms with Crippen LogP contribution in [0.5, 0.6) is 5.75 Å². The number of imidazole rings is 1. The Bertz CT molecular complexity index is 1430. The number of amides is 1. The Morgan fingerprint density at radius 2 is 1.80 bits per heavy atom. The van der Waals surface area contributed by atoms with Gasteiger partial charge in [0.25, 0.3) is 0 Å². The molecule has 0 bridgehead atoms. The van der Waals surface area contributed by atoms with Gasteiger partial charge >= 0.3 is 12.1 Å². The largest absolute Gasteiger partial charge is 0.494 e. The Hall–Kier alpha value is -3.62. The molecule has 1 aliphatic carbocycles. The smallest absolute Gasteiger partial charge is 0.414 e. The number of halogens is 1. The van der Waals surface area contributed by atoms with E-state index < -0.39 is 17.9 Å². The second-order valence-electron chi connectivity index (χ2n) is 11.5. The van der Waals surface area contributed by atoms with E-state index in [-0.39, 0.29) is 35.6 Å². The molecule has 2 aromatic carbocycles. The molecule has 1 amide bonds. The molecule has 1 fully saturated rings. The maximum absolute atomic E-state index is 14.9. The van der Waals surface area contributed by atoms with Crippen molar-refractivity contribution in [1.29, 1.82) is 0 Å². The number of ether oxygens (including phenoxy) is 2. The van der Waals surface area contributed by atoms with E-state index in [1.54, 1.807) is 11.0 Å². The maximum atomic E-state index is 14.9. The van der Waals surface area contributed by atoms with Gasteiger partial charge in [0.2, 0.25) is 0 Å². The van der Waals surface area contributed by atoms with Crippen LogP contribution in [0.15, 0.2) is 30.3 Å². The summed E-state index contributed by atoms with van der Waals surface area (Å²) in [5.74, 6) is -0.581. The number of carboxylic acid groups (broad SMARTS) is 1. The van der Waals surface area contributed by atoms with Gasteiger partial charge in [0.05, 0.1) is 36.9 Å². The first-order chi connectivity index (χ1) is 19.2. The number of aryl methyl sites for hydroxylation is 1. The van der Waals surface area contributed by atoms with Gasteiger partial charge in [0.1, 0.15) is 5.82 Å². The molecule has 5 rings (SSSR count). The Balaban J connectivity index is 1.71. The number of rotatable bonds is 6. The van der Waals surface area contributed by atoms with Crippen molar-refractivity contribution in [2.45, 2.75) is 77.3 Å². The molecule has 1 saturated carbocycles. The monoisotopic (exact) mass is 551 g/mol. The average Bonchev–Trinajstić information content (AvgIpc) is 3.31. The fraction of sp³-hybridized carbons (Fsp3) is 0.516. The number of hydrogen-bond donors (Lipinski definition) is 1. The van der Waals surface area contributed by atoms with Crippen LogP contribution in [0.3, 0.4) is 0 Å². The lowest BCUT2D eigenvalue weighted by molar-refractivity contribution is -0.143. The number of carbonyl (C=O) groups is 2. The van der Waals surface area contributed by atoms with Gasteiger partial charge in [-0.25, -0.2) is 14.2 Å². The molecule has 2 aliphatic rings. The summed E-state index contributed by atoms with van der Waals surface area (Å²) in [5, 5.41) is 9.60. The average molecular weight is 552 g/mol. The molecule has 1 N–H and O–H groups in total. The van der Waals surface area contributed by atoms with Gasteiger partial charge in [-0.15, -0.1) is 0 Å². The molecule has 1 unspecified atom stereocenters. The van der Waals surface area contributed by atoms with Crippen LogP contribution in [0.1, 0.15) is 81.8 Å². The third-order valence-electron chi connectivity index (χ3n) is 8.74. The highest BCUT2D eigenvalue weighted by molar-refractivity contribution is 5.95. The zero-order valence-corrected chi connectivity index (χ0v) is 23.8. The molecule has 0 spiro atoms. The standard InChI is InChI=1S/C31H38FN3O5/c1-17(2)27(20-9-15-26(39-4)23(32)16-20)29-33-28-22-12-6-18(3)34(31(38)40-5)24(22)13-14-25(28)35(29)21-10-7-19(8-11-21)30(36)37/h9,13-19,21,27H,6-8,10-12H2,1-5H3,(H,36,37)/t18?,19?,21?,27-/m0/s1. The molecule has 2 heterocycles. The Morgan fingerprint density at radius 1 is 1.07 bits per heavy atom. The van der Waals surface area contributed by atoms with Crippen molar-refractivity contribution < 1.29 is 28.6 Å². The number of fused-ring (bicyclic) bond motifs is 3. The number of benzene rings is 2. The topological polar surface area (TPSA) is 93.9 Å². The summed E-state index contributed by atoms with van der Waals surface area (Å²) in [4.78, 5) is 31.4. The number of carboxylic acids is 1. The van der Waals surface area contributed by atoms with E-state index in [9.17, 15) is 19.1 Å². The number of anilines is 1. The van der Waals surface area contributed by atoms with Crippen LogP contribution in [0, 0.1) is 17.7 Å². The quantitative estimate of drug-likeness (QED) is 0.367. The molecule has 2 atom stereocenters. The van der Waals surface area contributed by atoms with Crippen molar-refractivity contribution in [2.24, 2.45) is 11.8 Å². The summed E-state index contributed by atoms with van der Waals surface area (Å²) in [6.07, 6.45) is 3.80. The number of hydrogen-bond acceptors (Lipinski definition) is 5. The first kappa shape index (κ1) is 27.9. The van der Waals surface area contributed by atoms with E-state index in [1.165, 1.54) is 20.3 Å². The molecule has 8 nitrogen and oxygen atoms in total. The highest BCUT2D eigenvalue weighted by Gasteiger charge is 2.36. The fourth-order valence-electron chi connectivity index (χ4n) is 6.69. The van der Waals surface area contributed by atoms with Gasteiger partial charge in [-0.3, -0.25) is 9.69 Å². The van der Waals surface area contributed by atoms with Gasteiger partial charge in [-0.05, 0) is 81.2 Å². The third-order valence-corrected chi connectivity index (χ3v) is 8.74. The van der Waals surface area contributed by atoms with Crippen LogP contribution < -0.4 is 9.64 Å². The summed E-state index contributed by atoms with van der Waals surface area (Å²) < 4.78 is 27.5. The summed E-state index contributed by atoms with van der Waals surface area (Å²) in [6, 6.07) is 9.15. The van der Waals surface area contributed by atoms with Crippen molar-refractivity contribution >= 4 is 28.8 Å². The van der Waals surface area contributed by atoms with E-state index in [0.717, 1.165) is 59.4 Å². The van der Waals surface area contributed by atoms with Gasteiger partial charge < -0.3 is 19.1 Å². The first-order valence-electron chi connectivity index (χ1n) is 14.1. The third kappa shape index (κ3) is 4.80. The highest BCUT2D eigenvalue weighted by atomic mass is 19.1. The number of carbonyl (C=O) groups excluding carboxylic acids is 1. The van der Waals surface area contributed by atoms with Crippen molar-refractivity contribution in [2.75, 3.05) is 19.1 Å². The minimum Gasteiger partial charge on any atom is -0.494 e. The number of aliphatic carboxylic acids is 1. The second-order valence-corrected chi connectivity index (χ2v) is 11.5. The lowest BCUT2D eigenvalue weighted by Gasteiger charge is -2.34. The van der Waals surface area contributed by atoms with Crippen LogP contribution in [0.4, 0.5) is 14.9 Å². The van der Waals surface area contributed by atoms with E-state index in [1.807, 2.05) is 25.1 Å². The van der Waals surface area contributed by atoms with Crippen molar-refractivity contribution in [3.8, 4) is 5.75 Å². The minimum absolute atomic E-state index is 0.00376. The molecular weight excluding hydrogens is 513 g/mol. The number of nitrogens with zero attached hydrogens (tertiary/aromatic N) is 3. The number of methoxy groups -OCH3 is 2. The highest BCUT2D eigenvalue weighted by Crippen LogP contribution is 2.44. The SMILES string of the molecule is COC(=O)N1c2ccc3c(nc([C@H](c4ccc(OC)c(F)c4)C(C)C)n3C3CCC(C(=O)O)CC3)c2CCC1C. The lowest BCUT2D eigenvalue weighted by Crippen LogP contribution is -2.42. The van der Waals surface area contributed by atoms with Crippen molar-refractivity contribution in [3.05, 3.63) is 53.1 Å². The Labute approximate surface area is 234 Å². The van der Waals surface area contributed by atoms with Crippen LogP contribution >= 0.6 is 0 Å². The summed E-state index contributed by atoms with van der Waals surface area (Å²) >= 11 is 0. The molecule has 40 heavy (non-hydrogen) atoms. The molecule has 1 aliphatic heterocycles. The zero-order valence-electron chi connectivity index (χ0n) is 23.8. The molecular formula is C31H38FN3O5. The van der Waals surface area contributed by atoms with Crippen LogP contribution in [-0.4, -0.2) is 47.0 Å². The van der Waals surface area contributed by atoms with Gasteiger partial charge in [0.15, 0.2) is 11.6 Å². The second kappa shape index (κ2) is 11.1. The molecule has 0 saturated heterocycles. The predicted molar refractivity (Wildman–Crippen MR) is 151 cm³/mol. The van der Waals surface area contributed by atoms with Gasteiger partial charge in [0, 0.05) is 23.6 Å². The Morgan fingerprint density at radius 3 is 2.40 bits per heavy atom. The minimum atomic E-state index is -0.742. The summed E-state index contributed by atoms with van der Waals surface area (Å²) in [7, 11) is 2.84. The lowest BCUT2D eigenvalue weighted by atomic mass is 9.84. The van der Waals surface area contributed by atoms with Crippen LogP contribution in [0.25, 0.3) is 11.0 Å². The van der Waals surface area contributed by atoms with Crippen LogP contribution in [-0.2, 0) is 16.0 Å². The predicted octanol–water partition coefficient (Wildman–Crippen LogP) is 6.70. The zero-order chi connectivity index (χ0) is 28.7. The molecule has 214 valence electrons. The van der Waals surface area contributed by atoms with Crippen LogP contribution in [0.2, 0.25) is 0 Å². The van der Waals surface area contributed by atoms with Crippen molar-refractivity contribution in [1.82, 2.24) is 9.55 Å². The van der Waals surface area contributed by atoms with E-state index in [4.69, 9.17) is 14.5 Å². The molecule has 1 aromatic heterocycles. The molecule has 3 aromatic rings. The first-order valence-corrected chi connectivity index (χ1v) is 14.1. The van der Waals surface area contributed by atoms with Crippen molar-refractivity contribution in [3.63, 3.8) is 0 Å². The fourth-order valence-corrected chi connectivity index (χ4v) is 6.69. The maximum Gasteiger partial charge on any atom is 0.414 e. The number of aromatic nitrogens is 2. The van der Waals surface area contributed by atoms with Gasteiger partial charge in [-0.2, -0.15) is 0 Å². The normalized spacial score (nSPS) is 21.8. The molecule has 0 radical (unpaired) electrons. The molecule has 9 heteroatoms.